The molecule has 2 rings (SSSR count). The minimum absolute atomic E-state index is 0.0989. The van der Waals surface area contributed by atoms with E-state index in [1.54, 1.807) is 43.6 Å². The monoisotopic (exact) mass is 348 g/mol. The van der Waals surface area contributed by atoms with Crippen molar-refractivity contribution < 1.29 is 14.3 Å². The third-order valence-electron chi connectivity index (χ3n) is 3.08. The van der Waals surface area contributed by atoms with Crippen LogP contribution in [0.3, 0.4) is 0 Å². The molecule has 8 heteroatoms. The van der Waals surface area contributed by atoms with Crippen molar-refractivity contribution in [3.05, 3.63) is 47.2 Å². The van der Waals surface area contributed by atoms with Crippen molar-refractivity contribution in [3.63, 3.8) is 0 Å². The van der Waals surface area contributed by atoms with Crippen LogP contribution in [0.25, 0.3) is 0 Å². The number of nitrogens with zero attached hydrogens (tertiary/aromatic N) is 2. The van der Waals surface area contributed by atoms with Crippen molar-refractivity contribution in [2.24, 2.45) is 0 Å². The van der Waals surface area contributed by atoms with Crippen molar-refractivity contribution in [2.75, 3.05) is 23.8 Å². The predicted octanol–water partition coefficient (Wildman–Crippen LogP) is 2.42. The normalized spacial score (nSPS) is 10.1. The van der Waals surface area contributed by atoms with E-state index in [0.717, 1.165) is 5.56 Å². The highest BCUT2D eigenvalue weighted by molar-refractivity contribution is 6.31. The SMILES string of the molecule is Cc1c(Cl)cccc1NC(=O)COC(=O)CCNc1ncccn1. The molecule has 0 saturated heterocycles. The van der Waals surface area contributed by atoms with Gasteiger partial charge in [0.25, 0.3) is 5.91 Å². The van der Waals surface area contributed by atoms with Gasteiger partial charge in [-0.05, 0) is 30.7 Å². The summed E-state index contributed by atoms with van der Waals surface area (Å²) >= 11 is 5.98. The molecule has 2 aromatic rings. The number of rotatable bonds is 7. The van der Waals surface area contributed by atoms with Gasteiger partial charge in [-0.1, -0.05) is 17.7 Å². The van der Waals surface area contributed by atoms with Gasteiger partial charge in [0.15, 0.2) is 6.61 Å². The maximum absolute atomic E-state index is 11.8. The summed E-state index contributed by atoms with van der Waals surface area (Å²) in [4.78, 5) is 31.3. The first-order valence-electron chi connectivity index (χ1n) is 7.27. The molecule has 0 unspecified atom stereocenters. The topological polar surface area (TPSA) is 93.2 Å². The fourth-order valence-corrected chi connectivity index (χ4v) is 1.99. The summed E-state index contributed by atoms with van der Waals surface area (Å²) in [6.07, 6.45) is 3.29. The van der Waals surface area contributed by atoms with Crippen LogP contribution in [0.15, 0.2) is 36.7 Å². The standard InChI is InChI=1S/C16H17ClN4O3/c1-11-12(17)4-2-5-13(11)21-14(22)10-24-15(23)6-9-20-16-18-7-3-8-19-16/h2-5,7-8H,6,9-10H2,1H3,(H,21,22)(H,18,19,20). The summed E-state index contributed by atoms with van der Waals surface area (Å²) < 4.78 is 4.92. The fourth-order valence-electron chi connectivity index (χ4n) is 1.81. The van der Waals surface area contributed by atoms with Gasteiger partial charge in [-0.25, -0.2) is 9.97 Å². The molecule has 0 saturated carbocycles. The Hall–Kier alpha value is -2.67. The van der Waals surface area contributed by atoms with Gasteiger partial charge in [0.1, 0.15) is 0 Å². The van der Waals surface area contributed by atoms with Gasteiger partial charge in [0.05, 0.1) is 6.42 Å². The summed E-state index contributed by atoms with van der Waals surface area (Å²) in [6, 6.07) is 6.88. The van der Waals surface area contributed by atoms with Gasteiger partial charge in [-0.3, -0.25) is 9.59 Å². The average molecular weight is 349 g/mol. The van der Waals surface area contributed by atoms with E-state index in [9.17, 15) is 9.59 Å². The molecule has 2 N–H and O–H groups in total. The molecule has 1 amide bonds. The maximum atomic E-state index is 11.8. The Balaban J connectivity index is 1.69. The highest BCUT2D eigenvalue weighted by atomic mass is 35.5. The number of amides is 1. The van der Waals surface area contributed by atoms with Crippen LogP contribution in [0, 0.1) is 6.92 Å². The zero-order chi connectivity index (χ0) is 17.4. The number of carbonyl (C=O) groups excluding carboxylic acids is 2. The number of hydrogen-bond acceptors (Lipinski definition) is 6. The Bertz CT molecular complexity index is 710. The van der Waals surface area contributed by atoms with Crippen molar-refractivity contribution in [2.45, 2.75) is 13.3 Å². The van der Waals surface area contributed by atoms with Crippen LogP contribution in [0.4, 0.5) is 11.6 Å². The van der Waals surface area contributed by atoms with E-state index in [1.807, 2.05) is 0 Å². The first-order chi connectivity index (χ1) is 11.6. The van der Waals surface area contributed by atoms with Crippen molar-refractivity contribution in [1.82, 2.24) is 9.97 Å². The van der Waals surface area contributed by atoms with E-state index < -0.39 is 11.9 Å². The number of esters is 1. The Morgan fingerprint density at radius 2 is 1.96 bits per heavy atom. The lowest BCUT2D eigenvalue weighted by atomic mass is 10.2. The molecule has 0 spiro atoms. The number of aromatic nitrogens is 2. The molecule has 126 valence electrons. The summed E-state index contributed by atoms with van der Waals surface area (Å²) in [5.41, 5.74) is 1.34. The number of benzene rings is 1. The van der Waals surface area contributed by atoms with Crippen molar-refractivity contribution in [3.8, 4) is 0 Å². The third kappa shape index (κ3) is 5.51. The molecule has 0 aliphatic carbocycles. The van der Waals surface area contributed by atoms with Gasteiger partial charge in [0.2, 0.25) is 5.95 Å². The molecule has 0 bridgehead atoms. The molecule has 1 aromatic heterocycles. The van der Waals surface area contributed by atoms with Gasteiger partial charge in [0, 0.05) is 29.6 Å². The van der Waals surface area contributed by atoms with Crippen LogP contribution in [0.2, 0.25) is 5.02 Å². The first kappa shape index (κ1) is 17.7. The maximum Gasteiger partial charge on any atom is 0.308 e. The smallest absolute Gasteiger partial charge is 0.308 e. The second-order valence-corrected chi connectivity index (χ2v) is 5.28. The molecule has 24 heavy (non-hydrogen) atoms. The quantitative estimate of drug-likeness (QED) is 0.746. The van der Waals surface area contributed by atoms with Crippen LogP contribution >= 0.6 is 11.6 Å². The lowest BCUT2D eigenvalue weighted by Gasteiger charge is -2.10. The molecule has 1 heterocycles. The third-order valence-corrected chi connectivity index (χ3v) is 3.49. The molecule has 0 radical (unpaired) electrons. The van der Waals surface area contributed by atoms with Crippen LogP contribution in [0.1, 0.15) is 12.0 Å². The molecule has 0 aliphatic heterocycles. The fraction of sp³-hybridized carbons (Fsp3) is 0.250. The molecule has 1 aromatic carbocycles. The van der Waals surface area contributed by atoms with E-state index >= 15 is 0 Å². The zero-order valence-electron chi connectivity index (χ0n) is 13.1. The Morgan fingerprint density at radius 3 is 2.71 bits per heavy atom. The summed E-state index contributed by atoms with van der Waals surface area (Å²) in [7, 11) is 0. The second kappa shape index (κ2) is 8.83. The van der Waals surface area contributed by atoms with Crippen LogP contribution in [0.5, 0.6) is 0 Å². The Morgan fingerprint density at radius 1 is 1.21 bits per heavy atom. The number of anilines is 2. The largest absolute Gasteiger partial charge is 0.456 e. The van der Waals surface area contributed by atoms with Crippen molar-refractivity contribution in [1.29, 1.82) is 0 Å². The highest BCUT2D eigenvalue weighted by Crippen LogP contribution is 2.22. The lowest BCUT2D eigenvalue weighted by Crippen LogP contribution is -2.22. The van der Waals surface area contributed by atoms with Crippen LogP contribution in [-0.2, 0) is 14.3 Å². The molecule has 0 fully saturated rings. The van der Waals surface area contributed by atoms with Gasteiger partial charge < -0.3 is 15.4 Å². The summed E-state index contributed by atoms with van der Waals surface area (Å²) in [5.74, 6) is -0.482. The van der Waals surface area contributed by atoms with Crippen LogP contribution in [-0.4, -0.2) is 35.0 Å². The van der Waals surface area contributed by atoms with Gasteiger partial charge >= 0.3 is 5.97 Å². The Kier molecular flexibility index (Phi) is 6.51. The summed E-state index contributed by atoms with van der Waals surface area (Å²) in [5, 5.41) is 6.09. The van der Waals surface area contributed by atoms with E-state index in [4.69, 9.17) is 16.3 Å². The minimum atomic E-state index is -0.489. The van der Waals surface area contributed by atoms with E-state index in [0.29, 0.717) is 23.2 Å². The predicted molar refractivity (Wildman–Crippen MR) is 90.9 cm³/mol. The number of carbonyl (C=O) groups is 2. The molecular formula is C16H17ClN4O3. The number of nitrogens with one attached hydrogen (secondary N) is 2. The highest BCUT2D eigenvalue weighted by Gasteiger charge is 2.10. The van der Waals surface area contributed by atoms with E-state index in [1.165, 1.54) is 0 Å². The zero-order valence-corrected chi connectivity index (χ0v) is 13.8. The first-order valence-corrected chi connectivity index (χ1v) is 7.65. The molecule has 0 aliphatic rings. The molecular weight excluding hydrogens is 332 g/mol. The number of ether oxygens (including phenoxy) is 1. The van der Waals surface area contributed by atoms with E-state index in [2.05, 4.69) is 20.6 Å². The lowest BCUT2D eigenvalue weighted by molar-refractivity contribution is -0.147. The van der Waals surface area contributed by atoms with Gasteiger partial charge in [-0.2, -0.15) is 0 Å². The van der Waals surface area contributed by atoms with E-state index in [-0.39, 0.29) is 13.0 Å². The molecule has 7 nitrogen and oxygen atoms in total. The molecule has 0 atom stereocenters. The number of halogens is 1. The van der Waals surface area contributed by atoms with Crippen molar-refractivity contribution >= 4 is 35.1 Å². The Labute approximate surface area is 144 Å². The number of hydrogen-bond donors (Lipinski definition) is 2. The van der Waals surface area contributed by atoms with Crippen LogP contribution < -0.4 is 10.6 Å². The summed E-state index contributed by atoms with van der Waals surface area (Å²) in [6.45, 7) is 1.76. The minimum Gasteiger partial charge on any atom is -0.456 e. The average Bonchev–Trinajstić information content (AvgIpc) is 2.58. The van der Waals surface area contributed by atoms with Gasteiger partial charge in [-0.15, -0.1) is 0 Å². The second-order valence-electron chi connectivity index (χ2n) is 4.87.